The van der Waals surface area contributed by atoms with E-state index in [0.717, 1.165) is 37.2 Å². The summed E-state index contributed by atoms with van der Waals surface area (Å²) in [6.07, 6.45) is 2.45. The van der Waals surface area contributed by atoms with Gasteiger partial charge >= 0.3 is 5.97 Å². The summed E-state index contributed by atoms with van der Waals surface area (Å²) in [6, 6.07) is 6.26. The van der Waals surface area contributed by atoms with E-state index in [-0.39, 0.29) is 17.5 Å². The zero-order valence-electron chi connectivity index (χ0n) is 14.6. The van der Waals surface area contributed by atoms with E-state index >= 15 is 0 Å². The quantitative estimate of drug-likeness (QED) is 0.795. The fourth-order valence-electron chi connectivity index (χ4n) is 3.35. The van der Waals surface area contributed by atoms with E-state index in [1.165, 1.54) is 0 Å². The molecule has 0 spiro atoms. The predicted octanol–water partition coefficient (Wildman–Crippen LogP) is 3.63. The van der Waals surface area contributed by atoms with Crippen LogP contribution in [0.3, 0.4) is 0 Å². The van der Waals surface area contributed by atoms with Crippen molar-refractivity contribution in [1.82, 2.24) is 4.90 Å². The van der Waals surface area contributed by atoms with Crippen molar-refractivity contribution in [2.75, 3.05) is 13.1 Å². The molecule has 1 saturated heterocycles. The van der Waals surface area contributed by atoms with Crippen molar-refractivity contribution in [2.45, 2.75) is 59.3 Å². The minimum atomic E-state index is -0.229. The molecule has 1 aromatic rings. The average Bonchev–Trinajstić information content (AvgIpc) is 2.89. The van der Waals surface area contributed by atoms with Crippen molar-refractivity contribution in [2.24, 2.45) is 5.41 Å². The molecule has 4 nitrogen and oxygen atoms in total. The summed E-state index contributed by atoms with van der Waals surface area (Å²) in [5.74, 6) is 0.610. The molecule has 2 heterocycles. The monoisotopic (exact) mass is 317 g/mol. The largest absolute Gasteiger partial charge is 0.489 e. The lowest BCUT2D eigenvalue weighted by molar-refractivity contribution is -0.0218. The van der Waals surface area contributed by atoms with Gasteiger partial charge in [-0.25, -0.2) is 4.79 Å². The van der Waals surface area contributed by atoms with Crippen molar-refractivity contribution < 1.29 is 14.3 Å². The third-order valence-electron chi connectivity index (χ3n) is 5.46. The average molecular weight is 317 g/mol. The van der Waals surface area contributed by atoms with E-state index in [9.17, 15) is 4.79 Å². The number of carbonyl (C=O) groups excluding carboxylic acids is 1. The van der Waals surface area contributed by atoms with E-state index in [4.69, 9.17) is 9.47 Å². The molecule has 0 amide bonds. The number of nitrogens with zero attached hydrogens (tertiary/aromatic N) is 1. The Bertz CT molecular complexity index is 596. The lowest BCUT2D eigenvalue weighted by Crippen LogP contribution is -2.53. The molecule has 1 aromatic carbocycles. The molecule has 3 rings (SSSR count). The van der Waals surface area contributed by atoms with Crippen LogP contribution in [0.5, 0.6) is 5.75 Å². The first-order valence-electron chi connectivity index (χ1n) is 8.61. The summed E-state index contributed by atoms with van der Waals surface area (Å²) in [4.78, 5) is 14.1. The van der Waals surface area contributed by atoms with E-state index in [1.54, 1.807) is 0 Å². The number of piperidine rings is 1. The molecule has 126 valence electrons. The maximum absolute atomic E-state index is 11.6. The summed E-state index contributed by atoms with van der Waals surface area (Å²) in [7, 11) is 0. The molecule has 0 radical (unpaired) electrons. The third-order valence-corrected chi connectivity index (χ3v) is 5.46. The number of carbonyl (C=O) groups is 1. The second-order valence-corrected chi connectivity index (χ2v) is 7.49. The van der Waals surface area contributed by atoms with Crippen LogP contribution in [-0.4, -0.2) is 36.1 Å². The highest BCUT2D eigenvalue weighted by Gasteiger charge is 2.38. The Hall–Kier alpha value is -1.55. The summed E-state index contributed by atoms with van der Waals surface area (Å²) < 4.78 is 11.4. The number of rotatable bonds is 4. The summed E-state index contributed by atoms with van der Waals surface area (Å²) in [5.41, 5.74) is 1.75. The van der Waals surface area contributed by atoms with Gasteiger partial charge < -0.3 is 9.47 Å². The van der Waals surface area contributed by atoms with Crippen LogP contribution < -0.4 is 4.74 Å². The summed E-state index contributed by atoms with van der Waals surface area (Å²) in [5, 5.41) is 0. The van der Waals surface area contributed by atoms with Gasteiger partial charge in [0.2, 0.25) is 0 Å². The smallest absolute Gasteiger partial charge is 0.338 e. The van der Waals surface area contributed by atoms with E-state index in [1.807, 2.05) is 18.2 Å². The third kappa shape index (κ3) is 3.23. The van der Waals surface area contributed by atoms with E-state index < -0.39 is 0 Å². The first-order chi connectivity index (χ1) is 10.9. The first kappa shape index (κ1) is 16.3. The lowest BCUT2D eigenvalue weighted by Gasteiger charge is -2.45. The highest BCUT2D eigenvalue weighted by atomic mass is 16.5. The topological polar surface area (TPSA) is 38.8 Å². The zero-order valence-corrected chi connectivity index (χ0v) is 14.6. The standard InChI is InChI=1S/C19H27NO3/c1-5-13(2)20-9-8-19(3,4)17(11-20)23-15-6-7-16-14(10-15)12-22-18(16)21/h6-7,10,13,17H,5,8-9,11-12H2,1-4H3. The number of esters is 1. The molecule has 1 fully saturated rings. The highest BCUT2D eigenvalue weighted by molar-refractivity contribution is 5.93. The van der Waals surface area contributed by atoms with Gasteiger partial charge in [-0.2, -0.15) is 0 Å². The molecule has 0 aromatic heterocycles. The van der Waals surface area contributed by atoms with Gasteiger partial charge in [-0.05, 0) is 44.5 Å². The minimum Gasteiger partial charge on any atom is -0.489 e. The maximum atomic E-state index is 11.6. The Labute approximate surface area is 138 Å². The van der Waals surface area contributed by atoms with Crippen LogP contribution in [0.1, 0.15) is 56.5 Å². The number of benzene rings is 1. The number of hydrogen-bond donors (Lipinski definition) is 0. The van der Waals surface area contributed by atoms with Crippen LogP contribution in [0.2, 0.25) is 0 Å². The molecule has 2 unspecified atom stereocenters. The fraction of sp³-hybridized carbons (Fsp3) is 0.632. The number of hydrogen-bond acceptors (Lipinski definition) is 4. The van der Waals surface area contributed by atoms with Crippen molar-refractivity contribution in [3.63, 3.8) is 0 Å². The Morgan fingerprint density at radius 2 is 2.22 bits per heavy atom. The van der Waals surface area contributed by atoms with Crippen LogP contribution >= 0.6 is 0 Å². The van der Waals surface area contributed by atoms with Crippen molar-refractivity contribution >= 4 is 5.97 Å². The molecule has 4 heteroatoms. The normalized spacial score (nSPS) is 24.9. The predicted molar refractivity (Wildman–Crippen MR) is 89.7 cm³/mol. The van der Waals surface area contributed by atoms with Gasteiger partial charge in [0.15, 0.2) is 0 Å². The van der Waals surface area contributed by atoms with Crippen LogP contribution in [0.25, 0.3) is 0 Å². The van der Waals surface area contributed by atoms with Crippen molar-refractivity contribution in [3.8, 4) is 5.75 Å². The first-order valence-corrected chi connectivity index (χ1v) is 8.61. The Kier molecular flexibility index (Phi) is 4.37. The Morgan fingerprint density at radius 3 is 2.96 bits per heavy atom. The second kappa shape index (κ2) is 6.16. The Balaban J connectivity index is 1.75. The molecule has 2 aliphatic rings. The molecule has 0 N–H and O–H groups in total. The van der Waals surface area contributed by atoms with Crippen LogP contribution in [0.15, 0.2) is 18.2 Å². The summed E-state index contributed by atoms with van der Waals surface area (Å²) >= 11 is 0. The van der Waals surface area contributed by atoms with Crippen LogP contribution in [0, 0.1) is 5.41 Å². The second-order valence-electron chi connectivity index (χ2n) is 7.49. The van der Waals surface area contributed by atoms with Crippen molar-refractivity contribution in [3.05, 3.63) is 29.3 Å². The number of cyclic esters (lactones) is 1. The molecule has 2 atom stereocenters. The van der Waals surface area contributed by atoms with Crippen LogP contribution in [0.4, 0.5) is 0 Å². The fourth-order valence-corrected chi connectivity index (χ4v) is 3.35. The molecular weight excluding hydrogens is 290 g/mol. The molecule has 0 saturated carbocycles. The SMILES string of the molecule is CCC(C)N1CCC(C)(C)C(Oc2ccc3c(c2)COC3=O)C1. The molecular formula is C19H27NO3. The van der Waals surface area contributed by atoms with E-state index in [2.05, 4.69) is 32.6 Å². The zero-order chi connectivity index (χ0) is 16.6. The number of likely N-dealkylation sites (tertiary alicyclic amines) is 1. The molecule has 0 bridgehead atoms. The van der Waals surface area contributed by atoms with Crippen molar-refractivity contribution in [1.29, 1.82) is 0 Å². The van der Waals surface area contributed by atoms with Gasteiger partial charge in [-0.3, -0.25) is 4.90 Å². The molecule has 2 aliphatic heterocycles. The van der Waals surface area contributed by atoms with E-state index in [0.29, 0.717) is 18.2 Å². The number of ether oxygens (including phenoxy) is 2. The van der Waals surface area contributed by atoms with Gasteiger partial charge in [-0.15, -0.1) is 0 Å². The lowest BCUT2D eigenvalue weighted by atomic mass is 9.79. The van der Waals surface area contributed by atoms with Gasteiger partial charge in [0.05, 0.1) is 5.56 Å². The van der Waals surface area contributed by atoms with Gasteiger partial charge in [0.25, 0.3) is 0 Å². The number of fused-ring (bicyclic) bond motifs is 1. The maximum Gasteiger partial charge on any atom is 0.338 e. The molecule has 0 aliphatic carbocycles. The Morgan fingerprint density at radius 1 is 1.43 bits per heavy atom. The van der Waals surface area contributed by atoms with Gasteiger partial charge in [-0.1, -0.05) is 20.8 Å². The van der Waals surface area contributed by atoms with Crippen LogP contribution in [-0.2, 0) is 11.3 Å². The minimum absolute atomic E-state index is 0.148. The highest BCUT2D eigenvalue weighted by Crippen LogP contribution is 2.35. The molecule has 23 heavy (non-hydrogen) atoms. The van der Waals surface area contributed by atoms with Gasteiger partial charge in [0.1, 0.15) is 18.5 Å². The van der Waals surface area contributed by atoms with Gasteiger partial charge in [0, 0.05) is 23.6 Å². The summed E-state index contributed by atoms with van der Waals surface area (Å²) in [6.45, 7) is 11.5.